The van der Waals surface area contributed by atoms with Crippen LogP contribution in [0.4, 0.5) is 5.69 Å². The summed E-state index contributed by atoms with van der Waals surface area (Å²) in [4.78, 5) is 22.9. The van der Waals surface area contributed by atoms with E-state index in [0.29, 0.717) is 0 Å². The molecule has 0 saturated heterocycles. The predicted octanol–water partition coefficient (Wildman–Crippen LogP) is 3.96. The summed E-state index contributed by atoms with van der Waals surface area (Å²) in [6.45, 7) is 12.7. The second-order valence-electron chi connectivity index (χ2n) is 8.16. The van der Waals surface area contributed by atoms with Gasteiger partial charge in [0.1, 0.15) is 12.0 Å². The summed E-state index contributed by atoms with van der Waals surface area (Å²) in [5.74, 6) is -1.59. The van der Waals surface area contributed by atoms with Crippen LogP contribution in [0.3, 0.4) is 0 Å². The fraction of sp³-hybridized carbons (Fsp3) is 0.474. The number of benzene rings is 1. The molecule has 1 unspecified atom stereocenters. The van der Waals surface area contributed by atoms with E-state index in [1.54, 1.807) is 0 Å². The first-order valence-electron chi connectivity index (χ1n) is 7.81. The van der Waals surface area contributed by atoms with Crippen molar-refractivity contribution < 1.29 is 14.7 Å². The number of hydrogen-bond donors (Lipinski definition) is 2. The van der Waals surface area contributed by atoms with Gasteiger partial charge in [-0.15, -0.1) is 0 Å². The van der Waals surface area contributed by atoms with Crippen LogP contribution in [0.1, 0.15) is 64.2 Å². The molecule has 0 bridgehead atoms. The number of fused-ring (bicyclic) bond motifs is 1. The van der Waals surface area contributed by atoms with Crippen molar-refractivity contribution in [3.8, 4) is 0 Å². The molecule has 1 heterocycles. The van der Waals surface area contributed by atoms with Gasteiger partial charge in [-0.3, -0.25) is 0 Å². The van der Waals surface area contributed by atoms with Crippen molar-refractivity contribution in [2.45, 2.75) is 58.3 Å². The zero-order valence-corrected chi connectivity index (χ0v) is 14.7. The van der Waals surface area contributed by atoms with Crippen LogP contribution in [0.15, 0.2) is 23.9 Å². The maximum Gasteiger partial charge on any atom is 0.352 e. The molecular weight excluding hydrogens is 290 g/mol. The summed E-state index contributed by atoms with van der Waals surface area (Å²) in [5, 5.41) is 12.3. The maximum atomic E-state index is 11.5. The number of carbonyl (C=O) groups excluding carboxylic acids is 1. The Balaban J connectivity index is 2.77. The smallest absolute Gasteiger partial charge is 0.352 e. The minimum atomic E-state index is -1.05. The summed E-state index contributed by atoms with van der Waals surface area (Å²) in [6.07, 6.45) is 2.29. The number of rotatable bonds is 2. The number of nitrogens with one attached hydrogen (secondary N) is 1. The summed E-state index contributed by atoms with van der Waals surface area (Å²) < 4.78 is 0. The molecular formula is C19H25NO3. The van der Waals surface area contributed by atoms with E-state index < -0.39 is 11.9 Å². The molecule has 4 heteroatoms. The Morgan fingerprint density at radius 2 is 1.74 bits per heavy atom. The van der Waals surface area contributed by atoms with E-state index in [2.05, 4.69) is 52.9 Å². The SMILES string of the molecule is CC(C)(C)c1cc2c(c(C(C)(C)C)c1)NC(C(=O)O)=CC2C=O. The van der Waals surface area contributed by atoms with Crippen molar-refractivity contribution in [2.75, 3.05) is 5.32 Å². The van der Waals surface area contributed by atoms with Crippen LogP contribution in [-0.4, -0.2) is 17.4 Å². The molecule has 0 aliphatic carbocycles. The molecule has 2 rings (SSSR count). The monoisotopic (exact) mass is 315 g/mol. The second-order valence-corrected chi connectivity index (χ2v) is 8.16. The Morgan fingerprint density at radius 3 is 2.17 bits per heavy atom. The van der Waals surface area contributed by atoms with Gasteiger partial charge >= 0.3 is 5.97 Å². The molecule has 1 atom stereocenters. The maximum absolute atomic E-state index is 11.5. The Bertz CT molecular complexity index is 688. The number of aldehydes is 1. The standard InChI is InChI=1S/C19H25NO3/c1-18(2,3)12-8-13-11(10-21)7-15(17(22)23)20-16(13)14(9-12)19(4,5)6/h7-11,20H,1-6H3,(H,22,23). The van der Waals surface area contributed by atoms with Crippen LogP contribution in [0.5, 0.6) is 0 Å². The predicted molar refractivity (Wildman–Crippen MR) is 92.0 cm³/mol. The molecule has 0 saturated carbocycles. The molecule has 0 spiro atoms. The van der Waals surface area contributed by atoms with Gasteiger partial charge in [0.05, 0.1) is 5.92 Å². The van der Waals surface area contributed by atoms with Crippen LogP contribution < -0.4 is 5.32 Å². The lowest BCUT2D eigenvalue weighted by atomic mass is 9.76. The molecule has 124 valence electrons. The van der Waals surface area contributed by atoms with E-state index >= 15 is 0 Å². The highest BCUT2D eigenvalue weighted by molar-refractivity contribution is 5.94. The van der Waals surface area contributed by atoms with Crippen molar-refractivity contribution in [1.29, 1.82) is 0 Å². The Hall–Kier alpha value is -2.10. The van der Waals surface area contributed by atoms with Crippen LogP contribution >= 0.6 is 0 Å². The molecule has 0 radical (unpaired) electrons. The van der Waals surface area contributed by atoms with E-state index in [1.165, 1.54) is 6.08 Å². The number of aliphatic carboxylic acids is 1. The van der Waals surface area contributed by atoms with Crippen molar-refractivity contribution in [3.63, 3.8) is 0 Å². The number of carboxylic acids is 1. The topological polar surface area (TPSA) is 66.4 Å². The van der Waals surface area contributed by atoms with E-state index in [1.807, 2.05) is 6.07 Å². The van der Waals surface area contributed by atoms with Crippen LogP contribution in [0.25, 0.3) is 0 Å². The Labute approximate surface area is 137 Å². The summed E-state index contributed by atoms with van der Waals surface area (Å²) in [6, 6.07) is 4.14. The van der Waals surface area contributed by atoms with Gasteiger partial charge in [-0.05, 0) is 33.6 Å². The van der Waals surface area contributed by atoms with E-state index in [9.17, 15) is 14.7 Å². The van der Waals surface area contributed by atoms with Gasteiger partial charge in [0.25, 0.3) is 0 Å². The molecule has 0 aromatic heterocycles. The fourth-order valence-electron chi connectivity index (χ4n) is 2.77. The van der Waals surface area contributed by atoms with Crippen molar-refractivity contribution in [1.82, 2.24) is 0 Å². The van der Waals surface area contributed by atoms with Crippen molar-refractivity contribution in [3.05, 3.63) is 40.6 Å². The largest absolute Gasteiger partial charge is 0.477 e. The molecule has 1 aromatic rings. The van der Waals surface area contributed by atoms with Gasteiger partial charge in [-0.25, -0.2) is 4.79 Å². The van der Waals surface area contributed by atoms with Crippen LogP contribution in [0, 0.1) is 0 Å². The lowest BCUT2D eigenvalue weighted by Gasteiger charge is -2.33. The highest BCUT2D eigenvalue weighted by Crippen LogP contribution is 2.42. The lowest BCUT2D eigenvalue weighted by Crippen LogP contribution is -2.25. The number of allylic oxidation sites excluding steroid dienone is 1. The lowest BCUT2D eigenvalue weighted by molar-refractivity contribution is -0.132. The van der Waals surface area contributed by atoms with Gasteiger partial charge in [-0.1, -0.05) is 53.7 Å². The van der Waals surface area contributed by atoms with Gasteiger partial charge in [0.15, 0.2) is 0 Å². The first-order valence-corrected chi connectivity index (χ1v) is 7.81. The van der Waals surface area contributed by atoms with E-state index in [4.69, 9.17) is 0 Å². The quantitative estimate of drug-likeness (QED) is 0.811. The average Bonchev–Trinajstić information content (AvgIpc) is 2.42. The molecule has 23 heavy (non-hydrogen) atoms. The normalized spacial score (nSPS) is 17.8. The molecule has 1 aromatic carbocycles. The third kappa shape index (κ3) is 3.31. The third-order valence-corrected chi connectivity index (χ3v) is 4.18. The van der Waals surface area contributed by atoms with Gasteiger partial charge in [0, 0.05) is 5.69 Å². The highest BCUT2D eigenvalue weighted by atomic mass is 16.4. The van der Waals surface area contributed by atoms with E-state index in [0.717, 1.165) is 28.7 Å². The Kier molecular flexibility index (Phi) is 4.14. The Morgan fingerprint density at radius 1 is 1.13 bits per heavy atom. The number of hydrogen-bond acceptors (Lipinski definition) is 3. The summed E-state index contributed by atoms with van der Waals surface area (Å²) in [5.41, 5.74) is 3.60. The molecule has 1 aliphatic rings. The van der Waals surface area contributed by atoms with E-state index in [-0.39, 0.29) is 16.5 Å². The van der Waals surface area contributed by atoms with Gasteiger partial charge in [-0.2, -0.15) is 0 Å². The van der Waals surface area contributed by atoms with Crippen LogP contribution in [-0.2, 0) is 20.4 Å². The first-order chi connectivity index (χ1) is 10.4. The summed E-state index contributed by atoms with van der Waals surface area (Å²) >= 11 is 0. The molecule has 0 fully saturated rings. The van der Waals surface area contributed by atoms with Gasteiger partial charge < -0.3 is 15.2 Å². The average molecular weight is 315 g/mol. The third-order valence-electron chi connectivity index (χ3n) is 4.18. The van der Waals surface area contributed by atoms with Crippen LogP contribution in [0.2, 0.25) is 0 Å². The zero-order valence-electron chi connectivity index (χ0n) is 14.7. The molecule has 4 nitrogen and oxygen atoms in total. The number of anilines is 1. The molecule has 0 amide bonds. The second kappa shape index (κ2) is 5.52. The molecule has 1 aliphatic heterocycles. The summed E-state index contributed by atoms with van der Waals surface area (Å²) in [7, 11) is 0. The fourth-order valence-corrected chi connectivity index (χ4v) is 2.77. The number of carboxylic acid groups (broad SMARTS) is 1. The van der Waals surface area contributed by atoms with Crippen molar-refractivity contribution >= 4 is 17.9 Å². The minimum Gasteiger partial charge on any atom is -0.477 e. The number of carbonyl (C=O) groups is 2. The van der Waals surface area contributed by atoms with Gasteiger partial charge in [0.2, 0.25) is 0 Å². The highest BCUT2D eigenvalue weighted by Gasteiger charge is 2.31. The minimum absolute atomic E-state index is 0.0563. The van der Waals surface area contributed by atoms with Crippen molar-refractivity contribution in [2.24, 2.45) is 0 Å². The zero-order chi connectivity index (χ0) is 17.6. The first kappa shape index (κ1) is 17.3. The molecule has 2 N–H and O–H groups in total.